The Morgan fingerprint density at radius 2 is 1.93 bits per heavy atom. The van der Waals surface area contributed by atoms with Gasteiger partial charge in [0.1, 0.15) is 0 Å². The highest BCUT2D eigenvalue weighted by Gasteiger charge is 2.37. The minimum absolute atomic E-state index is 0.159. The predicted molar refractivity (Wildman–Crippen MR) is 45.7 cm³/mol. The van der Waals surface area contributed by atoms with Crippen molar-refractivity contribution in [3.63, 3.8) is 0 Å². The van der Waals surface area contributed by atoms with Gasteiger partial charge < -0.3 is 0 Å². The molecule has 2 heterocycles. The molecule has 0 atom stereocenters. The van der Waals surface area contributed by atoms with E-state index in [4.69, 9.17) is 0 Å². The fraction of sp³-hybridized carbons (Fsp3) is 0.143. The van der Waals surface area contributed by atoms with Crippen molar-refractivity contribution in [2.24, 2.45) is 0 Å². The van der Waals surface area contributed by atoms with Crippen LogP contribution < -0.4 is 0 Å². The molecule has 0 N–H and O–H groups in total. The largest absolute Gasteiger partial charge is 0.452 e. The topological polar surface area (TPSA) is 30.2 Å². The molecule has 0 unspecified atom stereocenters. The lowest BCUT2D eigenvalue weighted by molar-refractivity contribution is -0.145. The predicted octanol–water partition coefficient (Wildman–Crippen LogP) is 2.51. The van der Waals surface area contributed by atoms with Gasteiger partial charge in [-0.3, -0.25) is 4.40 Å². The molecule has 0 radical (unpaired) electrons. The maximum absolute atomic E-state index is 12.4. The smallest absolute Gasteiger partial charge is 0.265 e. The lowest BCUT2D eigenvalue weighted by Crippen LogP contribution is -2.11. The number of alkyl halides is 3. The van der Waals surface area contributed by atoms with E-state index in [-0.39, 0.29) is 10.3 Å². The van der Waals surface area contributed by atoms with Gasteiger partial charge in [0.15, 0.2) is 5.65 Å². The highest BCUT2D eigenvalue weighted by Crippen LogP contribution is 2.29. The van der Waals surface area contributed by atoms with Crippen LogP contribution in [-0.2, 0) is 6.18 Å². The molecular formula is C7H3BrF3N3. The number of pyridine rings is 1. The quantitative estimate of drug-likeness (QED) is 0.686. The maximum Gasteiger partial charge on any atom is 0.452 e. The third kappa shape index (κ3) is 1.37. The van der Waals surface area contributed by atoms with E-state index < -0.39 is 12.0 Å². The van der Waals surface area contributed by atoms with Crippen LogP contribution >= 0.6 is 15.9 Å². The highest BCUT2D eigenvalue weighted by atomic mass is 79.9. The Kier molecular flexibility index (Phi) is 1.99. The van der Waals surface area contributed by atoms with Crippen molar-refractivity contribution < 1.29 is 13.2 Å². The lowest BCUT2D eigenvalue weighted by atomic mass is 10.4. The fourth-order valence-electron chi connectivity index (χ4n) is 1.09. The van der Waals surface area contributed by atoms with Crippen LogP contribution in [0.25, 0.3) is 5.65 Å². The summed E-state index contributed by atoms with van der Waals surface area (Å²) in [5, 5.41) is 6.49. The van der Waals surface area contributed by atoms with Crippen LogP contribution in [-0.4, -0.2) is 14.6 Å². The van der Waals surface area contributed by atoms with Gasteiger partial charge in [-0.25, -0.2) is 0 Å². The first-order valence-electron chi connectivity index (χ1n) is 3.57. The monoisotopic (exact) mass is 265 g/mol. The zero-order chi connectivity index (χ0) is 10.3. The third-order valence-electron chi connectivity index (χ3n) is 1.63. The summed E-state index contributed by atoms with van der Waals surface area (Å²) in [7, 11) is 0. The number of aromatic nitrogens is 3. The molecule has 2 rings (SSSR count). The van der Waals surface area contributed by atoms with E-state index in [9.17, 15) is 13.2 Å². The van der Waals surface area contributed by atoms with E-state index >= 15 is 0 Å². The zero-order valence-electron chi connectivity index (χ0n) is 6.59. The Balaban J connectivity index is 2.80. The van der Waals surface area contributed by atoms with Crippen molar-refractivity contribution in [3.8, 4) is 0 Å². The molecule has 0 bridgehead atoms. The van der Waals surface area contributed by atoms with Crippen molar-refractivity contribution in [2.45, 2.75) is 6.18 Å². The molecule has 2 aromatic heterocycles. The molecule has 7 heteroatoms. The van der Waals surface area contributed by atoms with Crippen LogP contribution in [0.1, 0.15) is 5.82 Å². The second-order valence-corrected chi connectivity index (χ2v) is 3.38. The summed E-state index contributed by atoms with van der Waals surface area (Å²) < 4.78 is 38.3. The van der Waals surface area contributed by atoms with Crippen LogP contribution in [0, 0.1) is 0 Å². The molecular weight excluding hydrogens is 263 g/mol. The Labute approximate surface area is 84.7 Å². The molecule has 0 aliphatic heterocycles. The van der Waals surface area contributed by atoms with Gasteiger partial charge in [0, 0.05) is 0 Å². The van der Waals surface area contributed by atoms with Gasteiger partial charge in [0.2, 0.25) is 5.82 Å². The summed E-state index contributed by atoms with van der Waals surface area (Å²) in [5.74, 6) is -1.03. The Bertz CT molecular complexity index is 476. The van der Waals surface area contributed by atoms with Crippen LogP contribution in [0.4, 0.5) is 13.2 Å². The summed E-state index contributed by atoms with van der Waals surface area (Å²) in [6.45, 7) is 0. The first-order chi connectivity index (χ1) is 6.50. The summed E-state index contributed by atoms with van der Waals surface area (Å²) in [4.78, 5) is 0. The average Bonchev–Trinajstić information content (AvgIpc) is 2.47. The summed E-state index contributed by atoms with van der Waals surface area (Å²) in [6, 6.07) is 4.53. The first-order valence-corrected chi connectivity index (χ1v) is 4.36. The van der Waals surface area contributed by atoms with E-state index in [2.05, 4.69) is 26.1 Å². The molecule has 2 aromatic rings. The van der Waals surface area contributed by atoms with Crippen molar-refractivity contribution >= 4 is 21.6 Å². The number of fused-ring (bicyclic) bond motifs is 1. The first kappa shape index (κ1) is 9.45. The van der Waals surface area contributed by atoms with Gasteiger partial charge >= 0.3 is 6.18 Å². The number of halogens is 4. The molecule has 0 amide bonds. The Morgan fingerprint density at radius 1 is 1.21 bits per heavy atom. The normalized spacial score (nSPS) is 12.3. The van der Waals surface area contributed by atoms with Gasteiger partial charge in [-0.15, -0.1) is 10.2 Å². The van der Waals surface area contributed by atoms with E-state index in [1.165, 1.54) is 12.1 Å². The Morgan fingerprint density at radius 3 is 2.57 bits per heavy atom. The highest BCUT2D eigenvalue weighted by molar-refractivity contribution is 9.10. The summed E-state index contributed by atoms with van der Waals surface area (Å²) in [6.07, 6.45) is -4.50. The third-order valence-corrected chi connectivity index (χ3v) is 2.25. The van der Waals surface area contributed by atoms with Crippen LogP contribution in [0.15, 0.2) is 22.8 Å². The molecule has 0 fully saturated rings. The lowest BCUT2D eigenvalue weighted by Gasteiger charge is -2.04. The molecule has 0 aliphatic carbocycles. The summed E-state index contributed by atoms with van der Waals surface area (Å²) >= 11 is 3.00. The van der Waals surface area contributed by atoms with Crippen LogP contribution in [0.5, 0.6) is 0 Å². The maximum atomic E-state index is 12.4. The van der Waals surface area contributed by atoms with Crippen molar-refractivity contribution in [3.05, 3.63) is 28.6 Å². The van der Waals surface area contributed by atoms with Crippen LogP contribution in [0.2, 0.25) is 0 Å². The fourth-order valence-corrected chi connectivity index (χ4v) is 1.59. The molecule has 0 aliphatic rings. The number of hydrogen-bond donors (Lipinski definition) is 0. The molecule has 0 saturated heterocycles. The van der Waals surface area contributed by atoms with Crippen molar-refractivity contribution in [1.82, 2.24) is 14.6 Å². The van der Waals surface area contributed by atoms with Gasteiger partial charge in [-0.2, -0.15) is 13.2 Å². The number of hydrogen-bond acceptors (Lipinski definition) is 2. The van der Waals surface area contributed by atoms with E-state index in [0.717, 1.165) is 4.40 Å². The summed E-state index contributed by atoms with van der Waals surface area (Å²) in [5.41, 5.74) is 0.159. The standard InChI is InChI=1S/C7H3BrF3N3/c8-4-2-1-3-5-12-13-6(14(4)5)7(9,10)11/h1-3H. The van der Waals surface area contributed by atoms with Crippen LogP contribution in [0.3, 0.4) is 0 Å². The van der Waals surface area contributed by atoms with Crippen molar-refractivity contribution in [1.29, 1.82) is 0 Å². The molecule has 14 heavy (non-hydrogen) atoms. The second-order valence-electron chi connectivity index (χ2n) is 2.56. The molecule has 74 valence electrons. The zero-order valence-corrected chi connectivity index (χ0v) is 8.17. The minimum Gasteiger partial charge on any atom is -0.265 e. The van der Waals surface area contributed by atoms with Gasteiger partial charge in [-0.1, -0.05) is 6.07 Å². The van der Waals surface area contributed by atoms with E-state index in [0.29, 0.717) is 0 Å². The van der Waals surface area contributed by atoms with Gasteiger partial charge in [0.05, 0.1) is 4.60 Å². The van der Waals surface area contributed by atoms with Crippen molar-refractivity contribution in [2.75, 3.05) is 0 Å². The SMILES string of the molecule is FC(F)(F)c1nnc2cccc(Br)n12. The number of nitrogens with zero attached hydrogens (tertiary/aromatic N) is 3. The van der Waals surface area contributed by atoms with Gasteiger partial charge in [-0.05, 0) is 28.1 Å². The van der Waals surface area contributed by atoms with E-state index in [1.807, 2.05) is 0 Å². The molecule has 0 aromatic carbocycles. The minimum atomic E-state index is -4.50. The van der Waals surface area contributed by atoms with E-state index in [1.54, 1.807) is 6.07 Å². The molecule has 0 saturated carbocycles. The number of rotatable bonds is 0. The molecule has 3 nitrogen and oxygen atoms in total. The average molecular weight is 266 g/mol. The second kappa shape index (κ2) is 2.94. The Hall–Kier alpha value is -1.11. The van der Waals surface area contributed by atoms with Gasteiger partial charge in [0.25, 0.3) is 0 Å². The molecule has 0 spiro atoms.